The number of hydrogen-bond acceptors (Lipinski definition) is 2. The topological polar surface area (TPSA) is 70.2 Å². The molecule has 3 N–H and O–H groups in total. The minimum atomic E-state index is -0.478. The van der Waals surface area contributed by atoms with Gasteiger partial charge in [-0.2, -0.15) is 0 Å². The quantitative estimate of drug-likeness (QED) is 0.738. The monoisotopic (exact) mass is 315 g/mol. The molecule has 2 aromatic carbocycles. The van der Waals surface area contributed by atoms with E-state index in [-0.39, 0.29) is 18.1 Å². The Morgan fingerprint density at radius 2 is 1.57 bits per heavy atom. The normalized spacial score (nSPS) is 9.96. The van der Waals surface area contributed by atoms with Gasteiger partial charge in [-0.25, -0.2) is 14.6 Å². The molecule has 120 valence electrons. The van der Waals surface area contributed by atoms with E-state index in [4.69, 9.17) is 0 Å². The van der Waals surface area contributed by atoms with Gasteiger partial charge in [0.25, 0.3) is 0 Å². The zero-order valence-corrected chi connectivity index (χ0v) is 12.5. The Labute approximate surface area is 133 Å². The summed E-state index contributed by atoms with van der Waals surface area (Å²) >= 11 is 0. The van der Waals surface area contributed by atoms with Crippen LogP contribution >= 0.6 is 0 Å². The highest BCUT2D eigenvalue weighted by Gasteiger charge is 2.05. The first-order valence-corrected chi connectivity index (χ1v) is 7.24. The smallest absolute Gasteiger partial charge is 0.333 e. The Bertz CT molecular complexity index is 645. The van der Waals surface area contributed by atoms with Gasteiger partial charge in [-0.1, -0.05) is 42.5 Å². The first kappa shape index (κ1) is 16.5. The molecule has 0 aliphatic rings. The number of benzene rings is 2. The van der Waals surface area contributed by atoms with Crippen molar-refractivity contribution in [1.82, 2.24) is 16.2 Å². The van der Waals surface area contributed by atoms with Crippen molar-refractivity contribution in [3.63, 3.8) is 0 Å². The van der Waals surface area contributed by atoms with E-state index in [1.165, 1.54) is 24.3 Å². The third-order valence-electron chi connectivity index (χ3n) is 3.14. The standard InChI is InChI=1S/C17H18FN3O2/c18-15-8-6-14(7-9-15)12-16(22)20-21-17(23)19-11-10-13-4-2-1-3-5-13/h1-9H,10-12H2,(H,20,22)(H2,19,21,23). The number of rotatable bonds is 5. The van der Waals surface area contributed by atoms with Crippen molar-refractivity contribution in [2.24, 2.45) is 0 Å². The summed E-state index contributed by atoms with van der Waals surface area (Å²) in [6, 6.07) is 14.9. The minimum Gasteiger partial charge on any atom is -0.336 e. The molecule has 0 fully saturated rings. The highest BCUT2D eigenvalue weighted by Crippen LogP contribution is 2.03. The van der Waals surface area contributed by atoms with Crippen LogP contribution < -0.4 is 16.2 Å². The number of hydrogen-bond donors (Lipinski definition) is 3. The van der Waals surface area contributed by atoms with Crippen LogP contribution in [0.2, 0.25) is 0 Å². The Morgan fingerprint density at radius 3 is 2.26 bits per heavy atom. The average Bonchev–Trinajstić information content (AvgIpc) is 2.56. The van der Waals surface area contributed by atoms with Gasteiger partial charge in [0.05, 0.1) is 6.42 Å². The molecule has 0 bridgehead atoms. The Kier molecular flexibility index (Phi) is 6.11. The van der Waals surface area contributed by atoms with Crippen molar-refractivity contribution in [3.8, 4) is 0 Å². The summed E-state index contributed by atoms with van der Waals surface area (Å²) in [6.07, 6.45) is 0.766. The van der Waals surface area contributed by atoms with E-state index >= 15 is 0 Å². The molecule has 0 aromatic heterocycles. The number of nitrogens with one attached hydrogen (secondary N) is 3. The van der Waals surface area contributed by atoms with Crippen LogP contribution in [-0.4, -0.2) is 18.5 Å². The van der Waals surface area contributed by atoms with Crippen molar-refractivity contribution in [2.45, 2.75) is 12.8 Å². The molecule has 2 rings (SSSR count). The van der Waals surface area contributed by atoms with Crippen molar-refractivity contribution >= 4 is 11.9 Å². The SMILES string of the molecule is O=C(Cc1ccc(F)cc1)NNC(=O)NCCc1ccccc1. The lowest BCUT2D eigenvalue weighted by atomic mass is 10.1. The van der Waals surface area contributed by atoms with Crippen LogP contribution in [0.4, 0.5) is 9.18 Å². The maximum Gasteiger partial charge on any atom is 0.333 e. The van der Waals surface area contributed by atoms with E-state index in [0.29, 0.717) is 18.5 Å². The minimum absolute atomic E-state index is 0.0601. The second kappa shape index (κ2) is 8.53. The number of halogens is 1. The van der Waals surface area contributed by atoms with Crippen molar-refractivity contribution in [1.29, 1.82) is 0 Å². The molecule has 23 heavy (non-hydrogen) atoms. The summed E-state index contributed by atoms with van der Waals surface area (Å²) in [6.45, 7) is 0.462. The first-order chi connectivity index (χ1) is 11.1. The van der Waals surface area contributed by atoms with Crippen LogP contribution in [0.15, 0.2) is 54.6 Å². The first-order valence-electron chi connectivity index (χ1n) is 7.24. The van der Waals surface area contributed by atoms with Gasteiger partial charge in [0, 0.05) is 6.54 Å². The van der Waals surface area contributed by atoms with Gasteiger partial charge in [0.15, 0.2) is 0 Å². The van der Waals surface area contributed by atoms with Crippen LogP contribution in [0.3, 0.4) is 0 Å². The van der Waals surface area contributed by atoms with E-state index in [9.17, 15) is 14.0 Å². The summed E-state index contributed by atoms with van der Waals surface area (Å²) in [5, 5.41) is 2.64. The molecule has 3 amide bonds. The molecule has 0 saturated carbocycles. The van der Waals surface area contributed by atoms with E-state index in [0.717, 1.165) is 5.56 Å². The van der Waals surface area contributed by atoms with E-state index in [1.807, 2.05) is 30.3 Å². The molecular formula is C17H18FN3O2. The molecule has 0 radical (unpaired) electrons. The molecule has 0 aliphatic heterocycles. The molecule has 0 aliphatic carbocycles. The highest BCUT2D eigenvalue weighted by atomic mass is 19.1. The van der Waals surface area contributed by atoms with Crippen LogP contribution in [0.25, 0.3) is 0 Å². The largest absolute Gasteiger partial charge is 0.336 e. The second-order valence-electron chi connectivity index (χ2n) is 4.97. The van der Waals surface area contributed by atoms with Gasteiger partial charge in [-0.05, 0) is 29.7 Å². The fraction of sp³-hybridized carbons (Fsp3) is 0.176. The van der Waals surface area contributed by atoms with Crippen molar-refractivity contribution in [3.05, 3.63) is 71.5 Å². The van der Waals surface area contributed by atoms with Gasteiger partial charge < -0.3 is 5.32 Å². The third-order valence-corrected chi connectivity index (χ3v) is 3.14. The van der Waals surface area contributed by atoms with E-state index in [1.54, 1.807) is 0 Å². The fourth-order valence-corrected chi connectivity index (χ4v) is 1.97. The summed E-state index contributed by atoms with van der Waals surface area (Å²) < 4.78 is 12.8. The zero-order chi connectivity index (χ0) is 16.5. The lowest BCUT2D eigenvalue weighted by molar-refractivity contribution is -0.121. The number of carbonyl (C=O) groups excluding carboxylic acids is 2. The van der Waals surface area contributed by atoms with Crippen LogP contribution in [0.5, 0.6) is 0 Å². The third kappa shape index (κ3) is 6.17. The summed E-state index contributed by atoms with van der Waals surface area (Å²) in [7, 11) is 0. The molecular weight excluding hydrogens is 297 g/mol. The van der Waals surface area contributed by atoms with E-state index < -0.39 is 6.03 Å². The highest BCUT2D eigenvalue weighted by molar-refractivity contribution is 5.82. The number of urea groups is 1. The molecule has 0 spiro atoms. The van der Waals surface area contributed by atoms with Crippen molar-refractivity contribution in [2.75, 3.05) is 6.54 Å². The van der Waals surface area contributed by atoms with Gasteiger partial charge in [0.2, 0.25) is 5.91 Å². The second-order valence-corrected chi connectivity index (χ2v) is 4.97. The fourth-order valence-electron chi connectivity index (χ4n) is 1.97. The van der Waals surface area contributed by atoms with Crippen molar-refractivity contribution < 1.29 is 14.0 Å². The summed E-state index contributed by atoms with van der Waals surface area (Å²) in [4.78, 5) is 23.2. The van der Waals surface area contributed by atoms with Gasteiger partial charge in [-0.15, -0.1) is 0 Å². The van der Waals surface area contributed by atoms with Gasteiger partial charge >= 0.3 is 6.03 Å². The zero-order valence-electron chi connectivity index (χ0n) is 12.5. The predicted octanol–water partition coefficient (Wildman–Crippen LogP) is 1.94. The van der Waals surface area contributed by atoms with E-state index in [2.05, 4.69) is 16.2 Å². The molecule has 0 saturated heterocycles. The summed E-state index contributed by atoms with van der Waals surface area (Å²) in [5.74, 6) is -0.736. The molecule has 0 unspecified atom stereocenters. The maximum atomic E-state index is 12.8. The Balaban J connectivity index is 1.63. The molecule has 0 heterocycles. The lowest BCUT2D eigenvalue weighted by Crippen LogP contribution is -2.47. The molecule has 6 heteroatoms. The van der Waals surface area contributed by atoms with Crippen LogP contribution in [0.1, 0.15) is 11.1 Å². The van der Waals surface area contributed by atoms with Gasteiger partial charge in [-0.3, -0.25) is 10.2 Å². The number of hydrazine groups is 1. The predicted molar refractivity (Wildman–Crippen MR) is 84.9 cm³/mol. The number of amides is 3. The van der Waals surface area contributed by atoms with Crippen LogP contribution in [0, 0.1) is 5.82 Å². The average molecular weight is 315 g/mol. The molecule has 0 atom stereocenters. The molecule has 2 aromatic rings. The van der Waals surface area contributed by atoms with Gasteiger partial charge in [0.1, 0.15) is 5.82 Å². The Hall–Kier alpha value is -2.89. The summed E-state index contributed by atoms with van der Waals surface area (Å²) in [5.41, 5.74) is 6.36. The molecule has 5 nitrogen and oxygen atoms in total. The number of carbonyl (C=O) groups is 2. The van der Waals surface area contributed by atoms with Crippen LogP contribution in [-0.2, 0) is 17.6 Å². The Morgan fingerprint density at radius 1 is 0.870 bits per heavy atom. The maximum absolute atomic E-state index is 12.8. The lowest BCUT2D eigenvalue weighted by Gasteiger charge is -2.09.